The first-order valence-corrected chi connectivity index (χ1v) is 10.6. The number of hydrogen-bond donors (Lipinski definition) is 1. The molecule has 0 radical (unpaired) electrons. The maximum absolute atomic E-state index is 12.9. The number of benzene rings is 2. The molecule has 1 N–H and O–H groups in total. The van der Waals surface area contributed by atoms with Gasteiger partial charge in [-0.05, 0) is 62.6 Å². The summed E-state index contributed by atoms with van der Waals surface area (Å²) in [5.74, 6) is -0.158. The number of hydrogen-bond acceptors (Lipinski definition) is 5. The molecule has 3 aromatic rings. The van der Waals surface area contributed by atoms with Crippen molar-refractivity contribution in [3.8, 4) is 5.75 Å². The SMILES string of the molecule is CCC(C)N(CC(=O)Nc1cccc(C)c1C)C(=O)COc1ccc2ccc(=O)oc2c1. The van der Waals surface area contributed by atoms with Crippen LogP contribution in [-0.4, -0.2) is 35.9 Å². The van der Waals surface area contributed by atoms with Gasteiger partial charge in [-0.15, -0.1) is 0 Å². The van der Waals surface area contributed by atoms with Crippen LogP contribution in [0.4, 0.5) is 5.69 Å². The Kier molecular flexibility index (Phi) is 7.30. The summed E-state index contributed by atoms with van der Waals surface area (Å²) in [5.41, 5.74) is 2.74. The molecule has 0 aliphatic heterocycles. The van der Waals surface area contributed by atoms with Crippen molar-refractivity contribution in [1.82, 2.24) is 4.90 Å². The van der Waals surface area contributed by atoms with E-state index >= 15 is 0 Å². The average Bonchev–Trinajstić information content (AvgIpc) is 2.78. The van der Waals surface area contributed by atoms with Gasteiger partial charge >= 0.3 is 5.63 Å². The second kappa shape index (κ2) is 10.1. The molecule has 0 bridgehead atoms. The van der Waals surface area contributed by atoms with Gasteiger partial charge in [0, 0.05) is 29.2 Å². The fourth-order valence-corrected chi connectivity index (χ4v) is 3.30. The molecular weight excluding hydrogens is 408 g/mol. The van der Waals surface area contributed by atoms with Gasteiger partial charge in [-0.1, -0.05) is 19.1 Å². The molecule has 0 aliphatic rings. The Labute approximate surface area is 187 Å². The van der Waals surface area contributed by atoms with Crippen LogP contribution in [-0.2, 0) is 9.59 Å². The molecule has 1 atom stereocenters. The van der Waals surface area contributed by atoms with Gasteiger partial charge in [0.15, 0.2) is 6.61 Å². The minimum Gasteiger partial charge on any atom is -0.484 e. The Bertz CT molecular complexity index is 1180. The maximum atomic E-state index is 12.9. The normalized spacial score (nSPS) is 11.8. The molecule has 1 heterocycles. The molecule has 3 rings (SSSR count). The highest BCUT2D eigenvalue weighted by Crippen LogP contribution is 2.20. The lowest BCUT2D eigenvalue weighted by Gasteiger charge is -2.28. The van der Waals surface area contributed by atoms with Gasteiger partial charge in [-0.3, -0.25) is 9.59 Å². The van der Waals surface area contributed by atoms with Crippen molar-refractivity contribution >= 4 is 28.5 Å². The number of ether oxygens (including phenoxy) is 1. The van der Waals surface area contributed by atoms with Gasteiger partial charge in [-0.2, -0.15) is 0 Å². The Morgan fingerprint density at radius 1 is 1.12 bits per heavy atom. The van der Waals surface area contributed by atoms with Crippen LogP contribution < -0.4 is 15.7 Å². The zero-order chi connectivity index (χ0) is 23.3. The first kappa shape index (κ1) is 23.1. The van der Waals surface area contributed by atoms with Crippen molar-refractivity contribution in [2.75, 3.05) is 18.5 Å². The molecule has 2 aromatic carbocycles. The van der Waals surface area contributed by atoms with E-state index in [1.807, 2.05) is 45.9 Å². The summed E-state index contributed by atoms with van der Waals surface area (Å²) in [5, 5.41) is 3.66. The van der Waals surface area contributed by atoms with Crippen LogP contribution in [0.15, 0.2) is 57.7 Å². The van der Waals surface area contributed by atoms with E-state index in [9.17, 15) is 14.4 Å². The van der Waals surface area contributed by atoms with E-state index in [-0.39, 0.29) is 31.0 Å². The van der Waals surface area contributed by atoms with Crippen molar-refractivity contribution in [2.45, 2.75) is 40.2 Å². The number of anilines is 1. The highest BCUT2D eigenvalue weighted by atomic mass is 16.5. The Morgan fingerprint density at radius 2 is 1.88 bits per heavy atom. The summed E-state index contributed by atoms with van der Waals surface area (Å²) in [6, 6.07) is 13.6. The van der Waals surface area contributed by atoms with E-state index in [1.165, 1.54) is 11.0 Å². The second-order valence-electron chi connectivity index (χ2n) is 7.82. The van der Waals surface area contributed by atoms with Gasteiger partial charge in [-0.25, -0.2) is 4.79 Å². The standard InChI is InChI=1S/C25H28N2O5/c1-5-17(3)27(14-23(28)26-21-8-6-7-16(2)18(21)4)24(29)15-31-20-11-9-19-10-12-25(30)32-22(19)13-20/h6-13,17H,5,14-15H2,1-4H3,(H,26,28). The monoisotopic (exact) mass is 436 g/mol. The predicted octanol–water partition coefficient (Wildman–Crippen LogP) is 4.05. The molecular formula is C25H28N2O5. The Balaban J connectivity index is 1.67. The average molecular weight is 437 g/mol. The molecule has 7 nitrogen and oxygen atoms in total. The van der Waals surface area contributed by atoms with Gasteiger partial charge in [0.05, 0.1) is 0 Å². The van der Waals surface area contributed by atoms with Crippen LogP contribution in [0, 0.1) is 13.8 Å². The lowest BCUT2D eigenvalue weighted by Crippen LogP contribution is -2.45. The number of carbonyl (C=O) groups excluding carboxylic acids is 2. The molecule has 0 saturated heterocycles. The van der Waals surface area contributed by atoms with Gasteiger partial charge in [0.1, 0.15) is 17.9 Å². The largest absolute Gasteiger partial charge is 0.484 e. The van der Waals surface area contributed by atoms with Crippen molar-refractivity contribution in [3.63, 3.8) is 0 Å². The predicted molar refractivity (Wildman–Crippen MR) is 124 cm³/mol. The molecule has 7 heteroatoms. The van der Waals surface area contributed by atoms with Crippen LogP contribution in [0.3, 0.4) is 0 Å². The number of fused-ring (bicyclic) bond motifs is 1. The van der Waals surface area contributed by atoms with E-state index < -0.39 is 5.63 Å². The van der Waals surface area contributed by atoms with Crippen LogP contribution >= 0.6 is 0 Å². The fraction of sp³-hybridized carbons (Fsp3) is 0.320. The van der Waals surface area contributed by atoms with Crippen LogP contribution in [0.25, 0.3) is 11.0 Å². The lowest BCUT2D eigenvalue weighted by atomic mass is 10.1. The summed E-state index contributed by atoms with van der Waals surface area (Å²) in [6.45, 7) is 7.48. The van der Waals surface area contributed by atoms with E-state index in [0.717, 1.165) is 22.2 Å². The zero-order valence-electron chi connectivity index (χ0n) is 18.8. The van der Waals surface area contributed by atoms with Gasteiger partial charge in [0.2, 0.25) is 5.91 Å². The summed E-state index contributed by atoms with van der Waals surface area (Å²) < 4.78 is 10.8. The van der Waals surface area contributed by atoms with E-state index in [1.54, 1.807) is 24.3 Å². The van der Waals surface area contributed by atoms with Crippen molar-refractivity contribution < 1.29 is 18.7 Å². The molecule has 168 valence electrons. The second-order valence-corrected chi connectivity index (χ2v) is 7.82. The molecule has 32 heavy (non-hydrogen) atoms. The smallest absolute Gasteiger partial charge is 0.336 e. The number of nitrogens with one attached hydrogen (secondary N) is 1. The van der Waals surface area contributed by atoms with E-state index in [2.05, 4.69) is 5.32 Å². The Morgan fingerprint density at radius 3 is 2.62 bits per heavy atom. The summed E-state index contributed by atoms with van der Waals surface area (Å²) >= 11 is 0. The van der Waals surface area contributed by atoms with Crippen LogP contribution in [0.5, 0.6) is 5.75 Å². The third kappa shape index (κ3) is 5.55. The number of rotatable bonds is 8. The minimum atomic E-state index is -0.455. The fourth-order valence-electron chi connectivity index (χ4n) is 3.30. The molecule has 1 aromatic heterocycles. The van der Waals surface area contributed by atoms with Crippen molar-refractivity contribution in [2.24, 2.45) is 0 Å². The molecule has 0 aliphatic carbocycles. The summed E-state index contributed by atoms with van der Waals surface area (Å²) in [4.78, 5) is 38.5. The van der Waals surface area contributed by atoms with E-state index in [4.69, 9.17) is 9.15 Å². The van der Waals surface area contributed by atoms with E-state index in [0.29, 0.717) is 17.8 Å². The number of aryl methyl sites for hydroxylation is 1. The quantitative estimate of drug-likeness (QED) is 0.538. The summed E-state index contributed by atoms with van der Waals surface area (Å²) in [6.07, 6.45) is 0.698. The minimum absolute atomic E-state index is 0.0722. The third-order valence-electron chi connectivity index (χ3n) is 5.59. The topological polar surface area (TPSA) is 88.9 Å². The molecule has 0 spiro atoms. The van der Waals surface area contributed by atoms with Crippen molar-refractivity contribution in [3.05, 3.63) is 70.1 Å². The molecule has 0 saturated carbocycles. The Hall–Kier alpha value is -3.61. The number of carbonyl (C=O) groups is 2. The van der Waals surface area contributed by atoms with Crippen LogP contribution in [0.2, 0.25) is 0 Å². The molecule has 0 fully saturated rings. The number of nitrogens with zero attached hydrogens (tertiary/aromatic N) is 1. The highest BCUT2D eigenvalue weighted by molar-refractivity contribution is 5.95. The maximum Gasteiger partial charge on any atom is 0.336 e. The third-order valence-corrected chi connectivity index (χ3v) is 5.59. The van der Waals surface area contributed by atoms with Crippen LogP contribution in [0.1, 0.15) is 31.4 Å². The summed E-state index contributed by atoms with van der Waals surface area (Å²) in [7, 11) is 0. The first-order chi connectivity index (χ1) is 15.3. The lowest BCUT2D eigenvalue weighted by molar-refractivity contribution is -0.138. The van der Waals surface area contributed by atoms with Gasteiger partial charge < -0.3 is 19.4 Å². The number of amides is 2. The first-order valence-electron chi connectivity index (χ1n) is 10.6. The zero-order valence-corrected chi connectivity index (χ0v) is 18.8. The molecule has 2 amide bonds. The van der Waals surface area contributed by atoms with Crippen molar-refractivity contribution in [1.29, 1.82) is 0 Å². The highest BCUT2D eigenvalue weighted by Gasteiger charge is 2.23. The molecule has 1 unspecified atom stereocenters. The van der Waals surface area contributed by atoms with Gasteiger partial charge in [0.25, 0.3) is 5.91 Å².